The molecule has 2 aromatic rings. The molecule has 4 aliphatic carbocycles. The van der Waals surface area contributed by atoms with E-state index in [2.05, 4.69) is 36.5 Å². The van der Waals surface area contributed by atoms with Crippen molar-refractivity contribution in [3.05, 3.63) is 41.6 Å². The van der Waals surface area contributed by atoms with Crippen molar-refractivity contribution in [3.63, 3.8) is 0 Å². The number of aromatic nitrogens is 1. The molecule has 0 atom stereocenters. The van der Waals surface area contributed by atoms with E-state index in [1.165, 1.54) is 55.9 Å². The number of pyridine rings is 1. The number of amides is 1. The van der Waals surface area contributed by atoms with E-state index in [-0.39, 0.29) is 11.3 Å². The summed E-state index contributed by atoms with van der Waals surface area (Å²) in [4.78, 5) is 17.6. The Hall–Kier alpha value is -1.90. The molecule has 1 N–H and O–H groups in total. The number of rotatable bonds is 6. The van der Waals surface area contributed by atoms with Gasteiger partial charge in [-0.25, -0.2) is 4.98 Å². The van der Waals surface area contributed by atoms with Gasteiger partial charge in [-0.3, -0.25) is 4.79 Å². The molecular formula is C25H32N2O. The summed E-state index contributed by atoms with van der Waals surface area (Å²) in [7, 11) is 0. The first-order chi connectivity index (χ1) is 13.7. The third kappa shape index (κ3) is 3.13. The summed E-state index contributed by atoms with van der Waals surface area (Å²) >= 11 is 0. The molecule has 1 heterocycles. The molecule has 0 aliphatic heterocycles. The van der Waals surface area contributed by atoms with E-state index in [0.717, 1.165) is 42.7 Å². The summed E-state index contributed by atoms with van der Waals surface area (Å²) in [5.74, 6) is 2.67. The number of hydrogen-bond donors (Lipinski definition) is 1. The Morgan fingerprint density at radius 1 is 1.07 bits per heavy atom. The second-order valence-corrected chi connectivity index (χ2v) is 9.73. The van der Waals surface area contributed by atoms with Gasteiger partial charge in [-0.15, -0.1) is 0 Å². The maximum atomic E-state index is 12.9. The number of nitrogens with one attached hydrogen (secondary N) is 1. The molecule has 148 valence electrons. The fourth-order valence-corrected chi connectivity index (χ4v) is 6.84. The number of carbonyl (C=O) groups is 1. The largest absolute Gasteiger partial charge is 0.351 e. The molecule has 1 amide bonds. The lowest BCUT2D eigenvalue weighted by Gasteiger charge is -2.57. The lowest BCUT2D eigenvalue weighted by Crippen LogP contribution is -2.48. The minimum absolute atomic E-state index is 0.00663. The Labute approximate surface area is 168 Å². The first-order valence-electron chi connectivity index (χ1n) is 11.4. The molecule has 1 aromatic heterocycles. The highest BCUT2D eigenvalue weighted by Gasteiger charge is 2.52. The van der Waals surface area contributed by atoms with Gasteiger partial charge in [-0.2, -0.15) is 0 Å². The fraction of sp³-hybridized carbons (Fsp3) is 0.600. The van der Waals surface area contributed by atoms with E-state index in [4.69, 9.17) is 4.98 Å². The van der Waals surface area contributed by atoms with E-state index in [9.17, 15) is 4.79 Å². The highest BCUT2D eigenvalue weighted by atomic mass is 16.1. The van der Waals surface area contributed by atoms with Crippen LogP contribution in [0.25, 0.3) is 10.9 Å². The van der Waals surface area contributed by atoms with Crippen molar-refractivity contribution in [1.29, 1.82) is 0 Å². The van der Waals surface area contributed by atoms with Crippen LogP contribution in [0.4, 0.5) is 0 Å². The van der Waals surface area contributed by atoms with Gasteiger partial charge in [0.1, 0.15) is 5.69 Å². The summed E-state index contributed by atoms with van der Waals surface area (Å²) < 4.78 is 0. The number of benzene rings is 1. The van der Waals surface area contributed by atoms with E-state index >= 15 is 0 Å². The van der Waals surface area contributed by atoms with Gasteiger partial charge in [0, 0.05) is 11.9 Å². The van der Waals surface area contributed by atoms with Crippen molar-refractivity contribution >= 4 is 16.8 Å². The maximum absolute atomic E-state index is 12.9. The van der Waals surface area contributed by atoms with Crippen molar-refractivity contribution < 1.29 is 4.79 Å². The van der Waals surface area contributed by atoms with Crippen molar-refractivity contribution in [2.24, 2.45) is 17.8 Å². The van der Waals surface area contributed by atoms with Crippen LogP contribution < -0.4 is 5.32 Å². The molecule has 4 fully saturated rings. The van der Waals surface area contributed by atoms with E-state index < -0.39 is 0 Å². The van der Waals surface area contributed by atoms with Crippen LogP contribution in [0.15, 0.2) is 30.3 Å². The molecular weight excluding hydrogens is 344 g/mol. The molecule has 1 aromatic carbocycles. The van der Waals surface area contributed by atoms with Gasteiger partial charge in [0.2, 0.25) is 0 Å². The standard InChI is InChI=1S/C25H32N2O/c1-2-3-6-9-26-24(28)23-13-21(20-7-4-5-8-22(20)27-23)25-14-17-10-18(15-25)12-19(11-17)16-25/h4-5,7-8,13,17-19H,2-3,6,9-12,14-16H2,1H3,(H,26,28). The SMILES string of the molecule is CCCCCNC(=O)c1cc(C23CC4CC(CC(C4)C2)C3)c2ccccc2n1. The van der Waals surface area contributed by atoms with Gasteiger partial charge in [0.25, 0.3) is 5.91 Å². The first-order valence-corrected chi connectivity index (χ1v) is 11.4. The molecule has 0 spiro atoms. The van der Waals surface area contributed by atoms with Crippen LogP contribution in [0.5, 0.6) is 0 Å². The Morgan fingerprint density at radius 2 is 1.75 bits per heavy atom. The minimum Gasteiger partial charge on any atom is -0.351 e. The van der Waals surface area contributed by atoms with Gasteiger partial charge >= 0.3 is 0 Å². The van der Waals surface area contributed by atoms with Crippen LogP contribution in [-0.4, -0.2) is 17.4 Å². The first kappa shape index (κ1) is 18.1. The molecule has 4 saturated carbocycles. The summed E-state index contributed by atoms with van der Waals surface area (Å²) in [6, 6.07) is 10.6. The van der Waals surface area contributed by atoms with Crippen molar-refractivity contribution in [2.45, 2.75) is 70.1 Å². The quantitative estimate of drug-likeness (QED) is 0.665. The highest BCUT2D eigenvalue weighted by molar-refractivity contribution is 5.96. The zero-order chi connectivity index (χ0) is 19.1. The second-order valence-electron chi connectivity index (χ2n) is 9.73. The molecule has 0 radical (unpaired) electrons. The summed E-state index contributed by atoms with van der Waals surface area (Å²) in [5.41, 5.74) is 3.28. The number of nitrogens with zero attached hydrogens (tertiary/aromatic N) is 1. The van der Waals surface area contributed by atoms with Crippen molar-refractivity contribution in [2.75, 3.05) is 6.54 Å². The van der Waals surface area contributed by atoms with Crippen LogP contribution in [0.2, 0.25) is 0 Å². The average Bonchev–Trinajstić information content (AvgIpc) is 2.69. The van der Waals surface area contributed by atoms with Crippen LogP contribution >= 0.6 is 0 Å². The second kappa shape index (κ2) is 7.17. The highest BCUT2D eigenvalue weighted by Crippen LogP contribution is 2.61. The molecule has 4 bridgehead atoms. The number of fused-ring (bicyclic) bond motifs is 1. The molecule has 28 heavy (non-hydrogen) atoms. The van der Waals surface area contributed by atoms with Crippen LogP contribution in [0.1, 0.15) is 80.8 Å². The molecule has 3 heteroatoms. The molecule has 0 saturated heterocycles. The lowest BCUT2D eigenvalue weighted by atomic mass is 9.48. The Morgan fingerprint density at radius 3 is 2.43 bits per heavy atom. The lowest BCUT2D eigenvalue weighted by molar-refractivity contribution is -0.00453. The van der Waals surface area contributed by atoms with Gasteiger partial charge in [0.05, 0.1) is 5.52 Å². The van der Waals surface area contributed by atoms with Gasteiger partial charge < -0.3 is 5.32 Å². The van der Waals surface area contributed by atoms with E-state index in [1.807, 2.05) is 6.07 Å². The Kier molecular flexibility index (Phi) is 4.65. The predicted molar refractivity (Wildman–Crippen MR) is 113 cm³/mol. The van der Waals surface area contributed by atoms with Crippen molar-refractivity contribution in [3.8, 4) is 0 Å². The third-order valence-corrected chi connectivity index (χ3v) is 7.62. The summed E-state index contributed by atoms with van der Waals surface area (Å²) in [6.07, 6.45) is 11.6. The fourth-order valence-electron chi connectivity index (χ4n) is 6.84. The molecule has 3 nitrogen and oxygen atoms in total. The topological polar surface area (TPSA) is 42.0 Å². The summed E-state index contributed by atoms with van der Waals surface area (Å²) in [5, 5.41) is 4.37. The number of para-hydroxylation sites is 1. The predicted octanol–water partition coefficient (Wildman–Crippen LogP) is 5.62. The van der Waals surface area contributed by atoms with Gasteiger partial charge in [0.15, 0.2) is 0 Å². The Bertz CT molecular complexity index is 852. The van der Waals surface area contributed by atoms with Crippen molar-refractivity contribution in [1.82, 2.24) is 10.3 Å². The van der Waals surface area contributed by atoms with E-state index in [1.54, 1.807) is 0 Å². The number of hydrogen-bond acceptors (Lipinski definition) is 2. The minimum atomic E-state index is -0.00663. The smallest absolute Gasteiger partial charge is 0.269 e. The average molecular weight is 377 g/mol. The molecule has 4 aliphatic rings. The normalized spacial score (nSPS) is 30.7. The van der Waals surface area contributed by atoms with Gasteiger partial charge in [-0.05, 0) is 85.8 Å². The summed E-state index contributed by atoms with van der Waals surface area (Å²) in [6.45, 7) is 2.93. The number of carbonyl (C=O) groups excluding carboxylic acids is 1. The number of unbranched alkanes of at least 4 members (excludes halogenated alkanes) is 2. The monoisotopic (exact) mass is 376 g/mol. The van der Waals surface area contributed by atoms with Crippen LogP contribution in [-0.2, 0) is 5.41 Å². The maximum Gasteiger partial charge on any atom is 0.269 e. The van der Waals surface area contributed by atoms with Crippen LogP contribution in [0, 0.1) is 17.8 Å². The Balaban J connectivity index is 1.52. The zero-order valence-corrected chi connectivity index (χ0v) is 17.0. The molecule has 0 unspecified atom stereocenters. The zero-order valence-electron chi connectivity index (χ0n) is 17.0. The van der Waals surface area contributed by atoms with Crippen LogP contribution in [0.3, 0.4) is 0 Å². The van der Waals surface area contributed by atoms with Gasteiger partial charge in [-0.1, -0.05) is 38.0 Å². The third-order valence-electron chi connectivity index (χ3n) is 7.62. The molecule has 6 rings (SSSR count). The van der Waals surface area contributed by atoms with E-state index in [0.29, 0.717) is 5.69 Å².